The molecule has 0 bridgehead atoms. The fraction of sp³-hybridized carbons (Fsp3) is 0.235. The van der Waals surface area contributed by atoms with Crippen LogP contribution in [0, 0.1) is 0 Å². The Kier molecular flexibility index (Phi) is 4.69. The summed E-state index contributed by atoms with van der Waals surface area (Å²) in [4.78, 5) is 13.2. The lowest BCUT2D eigenvalue weighted by Gasteiger charge is -2.14. The monoisotopic (exact) mass is 333 g/mol. The summed E-state index contributed by atoms with van der Waals surface area (Å²) in [7, 11) is 1.97. The molecule has 2 aromatic rings. The van der Waals surface area contributed by atoms with Crippen molar-refractivity contribution in [1.82, 2.24) is 0 Å². The molecule has 23 heavy (non-hydrogen) atoms. The van der Waals surface area contributed by atoms with Crippen molar-refractivity contribution in [3.8, 4) is 11.5 Å². The number of benzene rings is 2. The Morgan fingerprint density at radius 3 is 2.87 bits per heavy atom. The molecule has 0 radical (unpaired) electrons. The molecule has 2 N–H and O–H groups in total. The zero-order valence-electron chi connectivity index (χ0n) is 12.8. The highest BCUT2D eigenvalue weighted by Gasteiger charge is 2.16. The quantitative estimate of drug-likeness (QED) is 0.876. The van der Waals surface area contributed by atoms with E-state index in [-0.39, 0.29) is 12.7 Å². The first kappa shape index (κ1) is 15.6. The molecule has 120 valence electrons. The Balaban J connectivity index is 1.54. The minimum absolute atomic E-state index is 0.0505. The molecule has 6 heteroatoms. The zero-order valence-corrected chi connectivity index (χ0v) is 13.5. The summed E-state index contributed by atoms with van der Waals surface area (Å²) in [6.07, 6.45) is 0. The van der Waals surface area contributed by atoms with Crippen LogP contribution < -0.4 is 19.7 Å². The van der Waals surface area contributed by atoms with Crippen LogP contribution in [-0.4, -0.2) is 26.3 Å². The first-order valence-electron chi connectivity index (χ1n) is 7.35. The van der Waals surface area contributed by atoms with Crippen LogP contribution in [0.1, 0.15) is 5.56 Å². The Hall–Kier alpha value is -2.24. The van der Waals surface area contributed by atoms with Crippen molar-refractivity contribution in [2.45, 2.75) is 6.54 Å². The normalized spacial score (nSPS) is 13.7. The predicted molar refractivity (Wildman–Crippen MR) is 88.1 cm³/mol. The van der Waals surface area contributed by atoms with Crippen molar-refractivity contribution < 1.29 is 19.2 Å². The van der Waals surface area contributed by atoms with Gasteiger partial charge in [-0.3, -0.25) is 4.79 Å². The largest absolute Gasteiger partial charge is 0.454 e. The van der Waals surface area contributed by atoms with E-state index in [9.17, 15) is 4.79 Å². The smallest absolute Gasteiger partial charge is 0.279 e. The number of likely N-dealkylation sites (N-methyl/N-ethyl adjacent to an activating group) is 1. The van der Waals surface area contributed by atoms with E-state index >= 15 is 0 Å². The number of carbonyl (C=O) groups is 1. The number of anilines is 1. The van der Waals surface area contributed by atoms with Gasteiger partial charge in [-0.2, -0.15) is 0 Å². The van der Waals surface area contributed by atoms with Gasteiger partial charge < -0.3 is 19.7 Å². The molecule has 0 saturated carbocycles. The van der Waals surface area contributed by atoms with Crippen LogP contribution in [0.3, 0.4) is 0 Å². The molecule has 0 spiro atoms. The lowest BCUT2D eigenvalue weighted by molar-refractivity contribution is -0.885. The molecule has 5 nitrogen and oxygen atoms in total. The predicted octanol–water partition coefficient (Wildman–Crippen LogP) is 1.72. The summed E-state index contributed by atoms with van der Waals surface area (Å²) < 4.78 is 10.7. The second kappa shape index (κ2) is 6.89. The van der Waals surface area contributed by atoms with Gasteiger partial charge in [0.25, 0.3) is 5.91 Å². The van der Waals surface area contributed by atoms with Gasteiger partial charge >= 0.3 is 0 Å². The average molecular weight is 334 g/mol. The highest BCUT2D eigenvalue weighted by atomic mass is 35.5. The summed E-state index contributed by atoms with van der Waals surface area (Å²) >= 11 is 5.91. The minimum atomic E-state index is -0.0505. The highest BCUT2D eigenvalue weighted by molar-refractivity contribution is 6.30. The molecule has 0 aliphatic carbocycles. The maximum absolute atomic E-state index is 12.1. The van der Waals surface area contributed by atoms with Crippen molar-refractivity contribution in [3.05, 3.63) is 53.1 Å². The van der Waals surface area contributed by atoms with E-state index in [1.54, 1.807) is 18.2 Å². The molecular weight excluding hydrogens is 316 g/mol. The molecule has 1 heterocycles. The molecular formula is C17H18ClN2O3+. The van der Waals surface area contributed by atoms with Crippen LogP contribution in [0.5, 0.6) is 11.5 Å². The Morgan fingerprint density at radius 1 is 1.22 bits per heavy atom. The first-order valence-corrected chi connectivity index (χ1v) is 7.73. The third kappa shape index (κ3) is 4.15. The number of fused-ring (bicyclic) bond motifs is 1. The first-order chi connectivity index (χ1) is 11.1. The van der Waals surface area contributed by atoms with Gasteiger partial charge in [-0.05, 0) is 36.4 Å². The maximum Gasteiger partial charge on any atom is 0.279 e. The Labute approximate surface area is 139 Å². The van der Waals surface area contributed by atoms with Gasteiger partial charge in [0, 0.05) is 16.3 Å². The van der Waals surface area contributed by atoms with Crippen molar-refractivity contribution in [2.24, 2.45) is 0 Å². The van der Waals surface area contributed by atoms with Crippen LogP contribution in [-0.2, 0) is 11.3 Å². The molecule has 1 unspecified atom stereocenters. The average Bonchev–Trinajstić information content (AvgIpc) is 2.94. The fourth-order valence-electron chi connectivity index (χ4n) is 2.51. The van der Waals surface area contributed by atoms with Crippen molar-refractivity contribution in [1.29, 1.82) is 0 Å². The molecule has 1 atom stereocenters. The van der Waals surface area contributed by atoms with Gasteiger partial charge in [0.15, 0.2) is 18.0 Å². The number of hydrogen-bond acceptors (Lipinski definition) is 3. The van der Waals surface area contributed by atoms with Crippen molar-refractivity contribution >= 4 is 23.2 Å². The summed E-state index contributed by atoms with van der Waals surface area (Å²) in [5, 5.41) is 3.45. The van der Waals surface area contributed by atoms with E-state index in [0.717, 1.165) is 28.5 Å². The lowest BCUT2D eigenvalue weighted by Crippen LogP contribution is -3.08. The Bertz CT molecular complexity index is 721. The maximum atomic E-state index is 12.1. The van der Waals surface area contributed by atoms with E-state index in [0.29, 0.717) is 17.3 Å². The van der Waals surface area contributed by atoms with Crippen LogP contribution in [0.2, 0.25) is 5.02 Å². The van der Waals surface area contributed by atoms with Crippen LogP contribution in [0.15, 0.2) is 42.5 Å². The van der Waals surface area contributed by atoms with Gasteiger partial charge in [-0.15, -0.1) is 0 Å². The van der Waals surface area contributed by atoms with Gasteiger partial charge in [-0.1, -0.05) is 17.7 Å². The number of amides is 1. The lowest BCUT2D eigenvalue weighted by atomic mass is 10.2. The van der Waals surface area contributed by atoms with E-state index in [4.69, 9.17) is 21.1 Å². The topological polar surface area (TPSA) is 52.0 Å². The van der Waals surface area contributed by atoms with Crippen molar-refractivity contribution in [2.75, 3.05) is 25.7 Å². The van der Waals surface area contributed by atoms with Crippen LogP contribution in [0.4, 0.5) is 5.69 Å². The number of rotatable bonds is 5. The second-order valence-corrected chi connectivity index (χ2v) is 5.99. The van der Waals surface area contributed by atoms with Crippen LogP contribution >= 0.6 is 11.6 Å². The molecule has 0 saturated heterocycles. The standard InChI is InChI=1S/C17H17ClN2O3/c1-20(9-12-5-6-15-16(7-12)23-11-22-15)10-17(21)19-14-4-2-3-13(18)8-14/h2-8H,9-11H2,1H3,(H,19,21)/p+1. The summed E-state index contributed by atoms with van der Waals surface area (Å²) in [6, 6.07) is 13.0. The molecule has 2 aromatic carbocycles. The minimum Gasteiger partial charge on any atom is -0.454 e. The number of ether oxygens (including phenoxy) is 2. The van der Waals surface area contributed by atoms with E-state index < -0.39 is 0 Å². The van der Waals surface area contributed by atoms with Gasteiger partial charge in [0.05, 0.1) is 7.05 Å². The molecule has 1 amide bonds. The second-order valence-electron chi connectivity index (χ2n) is 5.56. The van der Waals surface area contributed by atoms with Crippen molar-refractivity contribution in [3.63, 3.8) is 0 Å². The van der Waals surface area contributed by atoms with E-state index in [1.165, 1.54) is 0 Å². The number of quaternary nitrogens is 1. The highest BCUT2D eigenvalue weighted by Crippen LogP contribution is 2.32. The fourth-order valence-corrected chi connectivity index (χ4v) is 2.70. The molecule has 1 aliphatic heterocycles. The summed E-state index contributed by atoms with van der Waals surface area (Å²) in [5.41, 5.74) is 1.81. The number of nitrogens with one attached hydrogen (secondary N) is 2. The number of carbonyl (C=O) groups excluding carboxylic acids is 1. The molecule has 0 fully saturated rings. The Morgan fingerprint density at radius 2 is 2.04 bits per heavy atom. The summed E-state index contributed by atoms with van der Waals surface area (Å²) in [6.45, 7) is 1.35. The van der Waals surface area contributed by atoms with E-state index in [2.05, 4.69) is 5.32 Å². The van der Waals surface area contributed by atoms with Gasteiger partial charge in [0.2, 0.25) is 6.79 Å². The van der Waals surface area contributed by atoms with Crippen LogP contribution in [0.25, 0.3) is 0 Å². The third-order valence-corrected chi connectivity index (χ3v) is 3.75. The molecule has 0 aromatic heterocycles. The summed E-state index contributed by atoms with van der Waals surface area (Å²) in [5.74, 6) is 1.48. The third-order valence-electron chi connectivity index (χ3n) is 3.51. The van der Waals surface area contributed by atoms with Gasteiger partial charge in [-0.25, -0.2) is 0 Å². The molecule has 1 aliphatic rings. The number of hydrogen-bond donors (Lipinski definition) is 2. The number of halogens is 1. The van der Waals surface area contributed by atoms with Gasteiger partial charge in [0.1, 0.15) is 6.54 Å². The van der Waals surface area contributed by atoms with E-state index in [1.807, 2.05) is 31.3 Å². The SMILES string of the molecule is C[NH+](CC(=O)Nc1cccc(Cl)c1)Cc1ccc2c(c1)OCO2. The zero-order chi connectivity index (χ0) is 16.2. The molecule has 3 rings (SSSR count).